The molecule has 4 aromatic carbocycles. The Hall–Kier alpha value is -5.00. The minimum Gasteiger partial charge on any atom is -0.385 e. The second-order valence-corrected chi connectivity index (χ2v) is 18.5. The van der Waals surface area contributed by atoms with E-state index in [-0.39, 0.29) is 47.8 Å². The molecule has 0 fully saturated rings. The van der Waals surface area contributed by atoms with Crippen LogP contribution in [-0.4, -0.2) is 95.3 Å². The molecule has 12 nitrogen and oxygen atoms in total. The van der Waals surface area contributed by atoms with Crippen molar-refractivity contribution in [3.63, 3.8) is 0 Å². The van der Waals surface area contributed by atoms with Crippen molar-refractivity contribution >= 4 is 31.5 Å². The van der Waals surface area contributed by atoms with Crippen LogP contribution in [0.4, 0.5) is 35.1 Å². The Kier molecular flexibility index (Phi) is 19.4. The average Bonchev–Trinajstić information content (AvgIpc) is 3.25. The molecule has 0 heterocycles. The zero-order valence-corrected chi connectivity index (χ0v) is 35.9. The molecule has 64 heavy (non-hydrogen) atoms. The highest BCUT2D eigenvalue weighted by molar-refractivity contribution is 7.93. The van der Waals surface area contributed by atoms with Crippen molar-refractivity contribution in [2.24, 2.45) is 0 Å². The molecule has 0 aliphatic heterocycles. The van der Waals surface area contributed by atoms with Crippen LogP contribution in [0.1, 0.15) is 43.2 Å². The average molecular weight is 955 g/mol. The highest BCUT2D eigenvalue weighted by Gasteiger charge is 2.56. The number of hydrogen-bond donors (Lipinski definition) is 4. The van der Waals surface area contributed by atoms with E-state index in [2.05, 4.69) is 0 Å². The largest absolute Gasteiger partial charge is 0.453 e. The molecule has 2 unspecified atom stereocenters. The molecule has 22 heteroatoms. The lowest BCUT2D eigenvalue weighted by Crippen LogP contribution is -2.39. The minimum atomic E-state index is -5.60. The van der Waals surface area contributed by atoms with Gasteiger partial charge in [-0.05, 0) is 89.8 Å². The number of halogens is 8. The molecular weight excluding hydrogens is 909 g/mol. The lowest BCUT2D eigenvalue weighted by Gasteiger charge is -2.19. The number of nitrogens with one attached hydrogen (secondary N) is 2. The summed E-state index contributed by atoms with van der Waals surface area (Å²) in [6.07, 6.45) is -12.4. The summed E-state index contributed by atoms with van der Waals surface area (Å²) in [5.41, 5.74) is 6.40. The first-order chi connectivity index (χ1) is 29.9. The molecule has 0 saturated carbocycles. The predicted octanol–water partition coefficient (Wildman–Crippen LogP) is 8.09. The van der Waals surface area contributed by atoms with E-state index >= 15 is 0 Å². The molecule has 4 aromatic rings. The molecule has 2 atom stereocenters. The molecule has 2 amide bonds. The maximum atomic E-state index is 13.1. The van der Waals surface area contributed by atoms with Gasteiger partial charge in [0.1, 0.15) is 10.5 Å². The number of methoxy groups -OCH3 is 2. The van der Waals surface area contributed by atoms with Crippen molar-refractivity contribution in [1.29, 1.82) is 0 Å². The molecule has 0 aromatic heterocycles. The van der Waals surface area contributed by atoms with Crippen molar-refractivity contribution in [3.8, 4) is 22.3 Å². The first kappa shape index (κ1) is 53.3. The Labute approximate surface area is 364 Å². The Morgan fingerprint density at radius 1 is 0.547 bits per heavy atom. The van der Waals surface area contributed by atoms with Gasteiger partial charge in [0.15, 0.2) is 19.7 Å². The summed E-state index contributed by atoms with van der Waals surface area (Å²) < 4.78 is 161. The van der Waals surface area contributed by atoms with Crippen molar-refractivity contribution in [2.45, 2.75) is 83.5 Å². The summed E-state index contributed by atoms with van der Waals surface area (Å²) in [7, 11) is -5.49. The number of benzene rings is 4. The summed E-state index contributed by atoms with van der Waals surface area (Å²) >= 11 is 0. The second-order valence-electron chi connectivity index (χ2n) is 14.2. The monoisotopic (exact) mass is 954 g/mol. The van der Waals surface area contributed by atoms with Gasteiger partial charge in [-0.15, -0.1) is 0 Å². The number of aryl methyl sites for hydroxylation is 2. The van der Waals surface area contributed by atoms with Gasteiger partial charge in [-0.25, -0.2) is 27.8 Å². The predicted molar refractivity (Wildman–Crippen MR) is 217 cm³/mol. The van der Waals surface area contributed by atoms with Crippen molar-refractivity contribution in [3.05, 3.63) is 108 Å². The molecule has 0 aliphatic rings. The lowest BCUT2D eigenvalue weighted by molar-refractivity contribution is -0.284. The third-order valence-corrected chi connectivity index (χ3v) is 14.0. The van der Waals surface area contributed by atoms with Gasteiger partial charge in [-0.3, -0.25) is 20.0 Å². The molecule has 0 saturated heterocycles. The van der Waals surface area contributed by atoms with E-state index < -0.39 is 79.5 Å². The van der Waals surface area contributed by atoms with Crippen LogP contribution in [-0.2, 0) is 51.6 Å². The minimum absolute atomic E-state index is 0.0149. The van der Waals surface area contributed by atoms with Gasteiger partial charge in [0, 0.05) is 40.3 Å². The molecule has 0 aliphatic carbocycles. The zero-order chi connectivity index (χ0) is 47.9. The van der Waals surface area contributed by atoms with Crippen LogP contribution in [0.2, 0.25) is 0 Å². The Balaban J connectivity index is 0.000000341. The fraction of sp³-hybridized carbons (Fsp3) is 0.381. The topological polar surface area (TPSA) is 185 Å². The second kappa shape index (κ2) is 23.3. The molecule has 0 radical (unpaired) electrons. The van der Waals surface area contributed by atoms with Gasteiger partial charge in [0.05, 0.1) is 9.79 Å². The Bertz CT molecular complexity index is 2330. The third kappa shape index (κ3) is 15.0. The first-order valence-electron chi connectivity index (χ1n) is 19.2. The number of hydroxylamine groups is 2. The smallest absolute Gasteiger partial charge is 0.385 e. The van der Waals surface area contributed by atoms with E-state index in [0.717, 1.165) is 11.1 Å². The van der Waals surface area contributed by atoms with Gasteiger partial charge < -0.3 is 9.47 Å². The number of sulfone groups is 2. The lowest BCUT2D eigenvalue weighted by atomic mass is 10.0. The summed E-state index contributed by atoms with van der Waals surface area (Å²) in [4.78, 5) is 23.4. The number of amides is 2. The van der Waals surface area contributed by atoms with Crippen LogP contribution in [0.15, 0.2) is 107 Å². The first-order valence-corrected chi connectivity index (χ1v) is 22.2. The number of alkyl halides is 8. The maximum Gasteiger partial charge on any atom is 0.453 e. The molecular formula is C42H46F8N2O10S2. The SMILES string of the molecule is COCCC(C(=O)NO)S(=O)(=O)c1ccc(-c2ccc(CCC(F)(F)C(F)(F)F)cc2)cc1.COCCC(C(=O)NO)S(=O)(=O)c1ccc(-c2ccc(CCCC(F)(F)F)cc2)cc1. The van der Waals surface area contributed by atoms with Gasteiger partial charge in [0.2, 0.25) is 0 Å². The highest BCUT2D eigenvalue weighted by Crippen LogP contribution is 2.39. The third-order valence-electron chi connectivity index (χ3n) is 9.73. The standard InChI is InChI=1S/C21H22F5NO5S.C21H24F3NO5S/c1-32-13-11-18(19(28)27-29)33(30,31)17-8-6-16(7-9-17)15-4-2-14(3-5-15)10-12-20(22,23)21(24,25)26;1-30-14-12-19(20(26)25-27)31(28,29)18-10-8-17(9-11-18)16-6-4-15(5-7-16)3-2-13-21(22,23)24/h2-9,18,29H,10-13H2,1H3,(H,27,28);4-11,19,27H,2-3,12-14H2,1H3,(H,25,26). The van der Waals surface area contributed by atoms with Crippen LogP contribution in [0.5, 0.6) is 0 Å². The van der Waals surface area contributed by atoms with E-state index in [4.69, 9.17) is 19.9 Å². The van der Waals surface area contributed by atoms with E-state index in [1.807, 2.05) is 0 Å². The fourth-order valence-electron chi connectivity index (χ4n) is 6.11. The number of ether oxygens (including phenoxy) is 2. The summed E-state index contributed by atoms with van der Waals surface area (Å²) in [6.45, 7) is -0.0125. The van der Waals surface area contributed by atoms with Crippen LogP contribution in [0.25, 0.3) is 22.3 Å². The van der Waals surface area contributed by atoms with Crippen molar-refractivity contribution < 1.29 is 81.4 Å². The quantitative estimate of drug-likeness (QED) is 0.0384. The van der Waals surface area contributed by atoms with Crippen molar-refractivity contribution in [1.82, 2.24) is 11.0 Å². The number of rotatable bonds is 20. The highest BCUT2D eigenvalue weighted by atomic mass is 32.2. The van der Waals surface area contributed by atoms with Crippen LogP contribution >= 0.6 is 0 Å². The summed E-state index contributed by atoms with van der Waals surface area (Å²) in [5.74, 6) is -6.91. The molecule has 4 rings (SSSR count). The van der Waals surface area contributed by atoms with Crippen molar-refractivity contribution in [2.75, 3.05) is 27.4 Å². The van der Waals surface area contributed by atoms with Gasteiger partial charge in [0.25, 0.3) is 11.8 Å². The maximum absolute atomic E-state index is 13.1. The molecule has 4 N–H and O–H groups in total. The van der Waals surface area contributed by atoms with Gasteiger partial charge in [-0.1, -0.05) is 72.8 Å². The van der Waals surface area contributed by atoms with E-state index in [1.165, 1.54) is 85.8 Å². The molecule has 352 valence electrons. The van der Waals surface area contributed by atoms with Gasteiger partial charge in [-0.2, -0.15) is 35.1 Å². The van der Waals surface area contributed by atoms with E-state index in [1.54, 1.807) is 36.4 Å². The number of hydrogen-bond acceptors (Lipinski definition) is 10. The van der Waals surface area contributed by atoms with Crippen LogP contribution in [0.3, 0.4) is 0 Å². The molecule has 0 spiro atoms. The van der Waals surface area contributed by atoms with E-state index in [0.29, 0.717) is 23.1 Å². The fourth-order valence-corrected chi connectivity index (χ4v) is 9.28. The normalized spacial score (nSPS) is 13.3. The number of carbonyl (C=O) groups excluding carboxylic acids is 2. The summed E-state index contributed by atoms with van der Waals surface area (Å²) in [6, 6.07) is 24.2. The van der Waals surface area contributed by atoms with Crippen LogP contribution < -0.4 is 11.0 Å². The Morgan fingerprint density at radius 3 is 1.17 bits per heavy atom. The van der Waals surface area contributed by atoms with E-state index in [9.17, 15) is 61.5 Å². The zero-order valence-electron chi connectivity index (χ0n) is 34.3. The van der Waals surface area contributed by atoms with Crippen LogP contribution in [0, 0.1) is 0 Å². The van der Waals surface area contributed by atoms with Gasteiger partial charge >= 0.3 is 18.3 Å². The number of carbonyl (C=O) groups is 2. The summed E-state index contributed by atoms with van der Waals surface area (Å²) in [5, 5.41) is 14.6. The molecule has 0 bridgehead atoms. The Morgan fingerprint density at radius 2 is 0.875 bits per heavy atom.